The van der Waals surface area contributed by atoms with Crippen LogP contribution in [0.3, 0.4) is 0 Å². The van der Waals surface area contributed by atoms with Crippen LogP contribution in [0, 0.1) is 0 Å². The summed E-state index contributed by atoms with van der Waals surface area (Å²) in [6, 6.07) is 0. The topological polar surface area (TPSA) is 20.3 Å². The molecular weight excluding hydrogens is 198 g/mol. The highest BCUT2D eigenvalue weighted by atomic mass is 16.1. The van der Waals surface area contributed by atoms with Crippen molar-refractivity contribution in [2.45, 2.75) is 19.8 Å². The van der Waals surface area contributed by atoms with Crippen LogP contribution in [0.5, 0.6) is 0 Å². The first kappa shape index (κ1) is 10.9. The summed E-state index contributed by atoms with van der Waals surface area (Å²) < 4.78 is 0. The Bertz CT molecular complexity index is 399. The van der Waals surface area contributed by atoms with Gasteiger partial charge < -0.3 is 9.69 Å². The Labute approximate surface area is 96.6 Å². The number of aldehydes is 1. The van der Waals surface area contributed by atoms with Gasteiger partial charge in [0.15, 0.2) is 0 Å². The van der Waals surface area contributed by atoms with Crippen LogP contribution in [0.2, 0.25) is 0 Å². The molecule has 2 heteroatoms. The Balaban J connectivity index is 2.21. The number of carbonyl (C=O) groups is 1. The van der Waals surface area contributed by atoms with Gasteiger partial charge in [0.1, 0.15) is 6.29 Å². The predicted molar refractivity (Wildman–Crippen MR) is 65.9 cm³/mol. The molecule has 0 saturated carbocycles. The van der Waals surface area contributed by atoms with Crippen molar-refractivity contribution in [1.82, 2.24) is 4.90 Å². The maximum Gasteiger partial charge on any atom is 0.139 e. The molecule has 0 aromatic carbocycles. The molecule has 0 amide bonds. The van der Waals surface area contributed by atoms with Crippen LogP contribution in [0.1, 0.15) is 19.8 Å². The monoisotopic (exact) mass is 215 g/mol. The molecule has 0 bridgehead atoms. The van der Waals surface area contributed by atoms with Gasteiger partial charge in [-0.15, -0.1) is 0 Å². The summed E-state index contributed by atoms with van der Waals surface area (Å²) in [4.78, 5) is 12.6. The van der Waals surface area contributed by atoms with Gasteiger partial charge in [-0.1, -0.05) is 29.9 Å². The van der Waals surface area contributed by atoms with Crippen LogP contribution in [0.4, 0.5) is 0 Å². The first-order valence-corrected chi connectivity index (χ1v) is 5.73. The first-order chi connectivity index (χ1) is 7.79. The zero-order valence-corrected chi connectivity index (χ0v) is 9.65. The van der Waals surface area contributed by atoms with E-state index >= 15 is 0 Å². The minimum absolute atomic E-state index is 0.478. The minimum Gasteiger partial charge on any atom is -0.366 e. The predicted octanol–water partition coefficient (Wildman–Crippen LogP) is 2.61. The van der Waals surface area contributed by atoms with Gasteiger partial charge >= 0.3 is 0 Å². The van der Waals surface area contributed by atoms with Crippen molar-refractivity contribution in [3.8, 4) is 0 Å². The zero-order chi connectivity index (χ0) is 11.4. The fraction of sp³-hybridized carbons (Fsp3) is 0.357. The molecule has 1 heterocycles. The molecule has 0 spiro atoms. The molecule has 0 N–H and O–H groups in total. The number of carbonyl (C=O) groups excluding carboxylic acids is 1. The van der Waals surface area contributed by atoms with Gasteiger partial charge in [-0.3, -0.25) is 0 Å². The average molecular weight is 215 g/mol. The molecular formula is C14H17NO. The van der Waals surface area contributed by atoms with Crippen molar-refractivity contribution >= 4 is 6.29 Å². The fourth-order valence-electron chi connectivity index (χ4n) is 2.11. The van der Waals surface area contributed by atoms with E-state index in [1.54, 1.807) is 0 Å². The Morgan fingerprint density at radius 3 is 2.94 bits per heavy atom. The lowest BCUT2D eigenvalue weighted by Gasteiger charge is -2.24. The summed E-state index contributed by atoms with van der Waals surface area (Å²) in [6.45, 7) is 3.45. The van der Waals surface area contributed by atoms with Crippen LogP contribution in [-0.4, -0.2) is 24.3 Å². The molecule has 0 saturated heterocycles. The maximum absolute atomic E-state index is 10.5. The van der Waals surface area contributed by atoms with Gasteiger partial charge in [-0.25, -0.2) is 0 Å². The lowest BCUT2D eigenvalue weighted by molar-refractivity contribution is -0.108. The fourth-order valence-corrected chi connectivity index (χ4v) is 2.11. The van der Waals surface area contributed by atoms with E-state index in [4.69, 9.17) is 0 Å². The number of nitrogens with zero attached hydrogens (tertiary/aromatic N) is 1. The molecule has 0 unspecified atom stereocenters. The molecule has 0 aromatic heterocycles. The second kappa shape index (κ2) is 4.97. The highest BCUT2D eigenvalue weighted by molar-refractivity contribution is 5.54. The summed E-state index contributed by atoms with van der Waals surface area (Å²) in [7, 11) is 0. The molecule has 2 aliphatic rings. The van der Waals surface area contributed by atoms with E-state index in [1.165, 1.54) is 16.7 Å². The number of hydrogen-bond donors (Lipinski definition) is 0. The van der Waals surface area contributed by atoms with Crippen LogP contribution in [0.15, 0.2) is 47.2 Å². The molecule has 0 radical (unpaired) electrons. The second-order valence-electron chi connectivity index (χ2n) is 4.31. The Morgan fingerprint density at radius 1 is 1.38 bits per heavy atom. The molecule has 2 rings (SSSR count). The summed E-state index contributed by atoms with van der Waals surface area (Å²) in [5.41, 5.74) is 3.81. The van der Waals surface area contributed by atoms with E-state index in [0.29, 0.717) is 6.54 Å². The van der Waals surface area contributed by atoms with Gasteiger partial charge in [0.2, 0.25) is 0 Å². The summed E-state index contributed by atoms with van der Waals surface area (Å²) >= 11 is 0. The third-order valence-electron chi connectivity index (χ3n) is 2.81. The average Bonchev–Trinajstić information content (AvgIpc) is 2.30. The molecule has 1 aliphatic heterocycles. The van der Waals surface area contributed by atoms with E-state index in [9.17, 15) is 4.79 Å². The van der Waals surface area contributed by atoms with E-state index in [1.807, 2.05) is 0 Å². The Morgan fingerprint density at radius 2 is 2.25 bits per heavy atom. The highest BCUT2D eigenvalue weighted by Gasteiger charge is 2.11. The van der Waals surface area contributed by atoms with Crippen molar-refractivity contribution in [2.24, 2.45) is 0 Å². The van der Waals surface area contributed by atoms with Crippen molar-refractivity contribution in [1.29, 1.82) is 0 Å². The van der Waals surface area contributed by atoms with E-state index in [2.05, 4.69) is 42.3 Å². The third kappa shape index (κ3) is 2.51. The van der Waals surface area contributed by atoms with Crippen molar-refractivity contribution < 1.29 is 4.79 Å². The molecule has 84 valence electrons. The van der Waals surface area contributed by atoms with Crippen LogP contribution in [0.25, 0.3) is 0 Å². The molecule has 0 fully saturated rings. The molecule has 0 aromatic rings. The number of hydrogen-bond acceptors (Lipinski definition) is 2. The number of allylic oxidation sites excluding steroid dienone is 6. The maximum atomic E-state index is 10.5. The smallest absolute Gasteiger partial charge is 0.139 e. The van der Waals surface area contributed by atoms with Gasteiger partial charge in [-0.2, -0.15) is 0 Å². The largest absolute Gasteiger partial charge is 0.366 e. The normalized spacial score (nSPS) is 20.1. The molecule has 16 heavy (non-hydrogen) atoms. The Hall–Kier alpha value is -1.57. The van der Waals surface area contributed by atoms with E-state index in [0.717, 1.165) is 25.7 Å². The van der Waals surface area contributed by atoms with Gasteiger partial charge in [-0.05, 0) is 30.9 Å². The van der Waals surface area contributed by atoms with Gasteiger partial charge in [0.05, 0.1) is 6.54 Å². The standard InChI is InChI=1S/C14H17NO/c1-12-9-14(11-15(10-12)7-8-16)13-5-3-2-4-6-13/h3,5-6,8-9,11H,2,4,7,10H2,1H3. The summed E-state index contributed by atoms with van der Waals surface area (Å²) in [6.07, 6.45) is 14.1. The van der Waals surface area contributed by atoms with Gasteiger partial charge in [0, 0.05) is 12.7 Å². The van der Waals surface area contributed by atoms with Crippen LogP contribution in [-0.2, 0) is 4.79 Å². The SMILES string of the molecule is CC1=CC(C2=CCCC=C2)=CN(CC=O)C1. The molecule has 2 nitrogen and oxygen atoms in total. The highest BCUT2D eigenvalue weighted by Crippen LogP contribution is 2.23. The first-order valence-electron chi connectivity index (χ1n) is 5.73. The summed E-state index contributed by atoms with van der Waals surface area (Å²) in [5.74, 6) is 0. The van der Waals surface area contributed by atoms with E-state index < -0.39 is 0 Å². The second-order valence-corrected chi connectivity index (χ2v) is 4.31. The van der Waals surface area contributed by atoms with Crippen molar-refractivity contribution in [3.05, 3.63) is 47.2 Å². The summed E-state index contributed by atoms with van der Waals surface area (Å²) in [5, 5.41) is 0. The van der Waals surface area contributed by atoms with Gasteiger partial charge in [0.25, 0.3) is 0 Å². The van der Waals surface area contributed by atoms with Crippen LogP contribution < -0.4 is 0 Å². The minimum atomic E-state index is 0.478. The lowest BCUT2D eigenvalue weighted by atomic mass is 9.96. The van der Waals surface area contributed by atoms with Crippen LogP contribution >= 0.6 is 0 Å². The van der Waals surface area contributed by atoms with Crippen molar-refractivity contribution in [2.75, 3.05) is 13.1 Å². The lowest BCUT2D eigenvalue weighted by Crippen LogP contribution is -2.24. The van der Waals surface area contributed by atoms with E-state index in [-0.39, 0.29) is 0 Å². The molecule has 1 aliphatic carbocycles. The van der Waals surface area contributed by atoms with Crippen molar-refractivity contribution in [3.63, 3.8) is 0 Å². The molecule has 0 atom stereocenters. The zero-order valence-electron chi connectivity index (χ0n) is 9.65. The number of rotatable bonds is 3. The Kier molecular flexibility index (Phi) is 3.40. The quantitative estimate of drug-likeness (QED) is 0.674. The third-order valence-corrected chi connectivity index (χ3v) is 2.81.